The first-order chi connectivity index (χ1) is 12.5. The van der Waals surface area contributed by atoms with Gasteiger partial charge in [0.25, 0.3) is 0 Å². The number of benzene rings is 1. The van der Waals surface area contributed by atoms with Crippen LogP contribution in [0.5, 0.6) is 0 Å². The average molecular weight is 486 g/mol. The largest absolute Gasteiger partial charge is 0.356 e. The summed E-state index contributed by atoms with van der Waals surface area (Å²) in [6.07, 6.45) is 3.68. The lowest BCUT2D eigenvalue weighted by Crippen LogP contribution is -2.45. The van der Waals surface area contributed by atoms with E-state index in [-0.39, 0.29) is 29.9 Å². The van der Waals surface area contributed by atoms with Crippen LogP contribution >= 0.6 is 24.0 Å². The third kappa shape index (κ3) is 7.68. The molecule has 0 aromatic heterocycles. The Kier molecular flexibility index (Phi) is 10.7. The first kappa shape index (κ1) is 23.7. The Bertz CT molecular complexity index is 601. The summed E-state index contributed by atoms with van der Waals surface area (Å²) in [7, 11) is 1.80. The number of guanidine groups is 1. The van der Waals surface area contributed by atoms with E-state index < -0.39 is 0 Å². The first-order valence-electron chi connectivity index (χ1n) is 9.87. The van der Waals surface area contributed by atoms with Gasteiger partial charge in [0, 0.05) is 39.1 Å². The summed E-state index contributed by atoms with van der Waals surface area (Å²) >= 11 is 0. The van der Waals surface area contributed by atoms with Crippen molar-refractivity contribution in [1.82, 2.24) is 15.5 Å². The zero-order valence-corrected chi connectivity index (χ0v) is 19.5. The third-order valence-corrected chi connectivity index (χ3v) is 4.99. The van der Waals surface area contributed by atoms with Crippen molar-refractivity contribution in [2.45, 2.75) is 58.4 Å². The number of likely N-dealkylation sites (tertiary alicyclic amines) is 1. The number of halogens is 1. The van der Waals surface area contributed by atoms with E-state index in [9.17, 15) is 4.79 Å². The molecule has 1 heterocycles. The highest BCUT2D eigenvalue weighted by molar-refractivity contribution is 14.0. The lowest BCUT2D eigenvalue weighted by atomic mass is 10.0. The highest BCUT2D eigenvalue weighted by Crippen LogP contribution is 2.15. The van der Waals surface area contributed by atoms with Gasteiger partial charge >= 0.3 is 0 Å². The van der Waals surface area contributed by atoms with Gasteiger partial charge in [-0.15, -0.1) is 24.0 Å². The van der Waals surface area contributed by atoms with Crippen LogP contribution in [0.4, 0.5) is 0 Å². The standard InChI is InChI=1S/C21H34N4O.HI/c1-5-20(26)25-14-12-19(15-25)24-21(22-4)23-13-6-7-17-8-10-18(11-9-17)16(2)3;/h8-11,16,19H,5-7,12-15H2,1-4H3,(H2,22,23,24);1H. The molecule has 1 fully saturated rings. The predicted molar refractivity (Wildman–Crippen MR) is 124 cm³/mol. The van der Waals surface area contributed by atoms with Crippen LogP contribution in [0, 0.1) is 0 Å². The Balaban J connectivity index is 0.00000364. The Morgan fingerprint density at radius 2 is 2.00 bits per heavy atom. The highest BCUT2D eigenvalue weighted by Gasteiger charge is 2.25. The molecule has 1 aromatic rings. The second kappa shape index (κ2) is 12.2. The summed E-state index contributed by atoms with van der Waals surface area (Å²) < 4.78 is 0. The van der Waals surface area contributed by atoms with Gasteiger partial charge in [-0.05, 0) is 36.3 Å². The van der Waals surface area contributed by atoms with Gasteiger partial charge in [-0.3, -0.25) is 9.79 Å². The van der Waals surface area contributed by atoms with Crippen molar-refractivity contribution in [3.8, 4) is 0 Å². The van der Waals surface area contributed by atoms with Crippen LogP contribution in [0.1, 0.15) is 57.1 Å². The SMILES string of the molecule is CCC(=O)N1CCC(NC(=NC)NCCCc2ccc(C(C)C)cc2)C1.I. The van der Waals surface area contributed by atoms with Crippen molar-refractivity contribution in [3.05, 3.63) is 35.4 Å². The molecule has 0 bridgehead atoms. The van der Waals surface area contributed by atoms with Gasteiger partial charge in [0.2, 0.25) is 5.91 Å². The molecule has 6 heteroatoms. The number of carbonyl (C=O) groups is 1. The highest BCUT2D eigenvalue weighted by atomic mass is 127. The van der Waals surface area contributed by atoms with Crippen LogP contribution in [-0.4, -0.2) is 49.5 Å². The minimum Gasteiger partial charge on any atom is -0.356 e. The molecule has 0 saturated carbocycles. The maximum absolute atomic E-state index is 11.8. The van der Waals surface area contributed by atoms with Crippen LogP contribution in [0.25, 0.3) is 0 Å². The molecule has 5 nitrogen and oxygen atoms in total. The Labute approximate surface area is 181 Å². The number of carbonyl (C=O) groups excluding carboxylic acids is 1. The fourth-order valence-corrected chi connectivity index (χ4v) is 3.28. The molecule has 1 amide bonds. The number of aryl methyl sites for hydroxylation is 1. The van der Waals surface area contributed by atoms with Gasteiger partial charge in [-0.2, -0.15) is 0 Å². The van der Waals surface area contributed by atoms with E-state index in [4.69, 9.17) is 0 Å². The molecular weight excluding hydrogens is 451 g/mol. The molecule has 0 spiro atoms. The Morgan fingerprint density at radius 3 is 2.59 bits per heavy atom. The smallest absolute Gasteiger partial charge is 0.222 e. The van der Waals surface area contributed by atoms with E-state index in [0.717, 1.165) is 44.9 Å². The maximum Gasteiger partial charge on any atom is 0.222 e. The maximum atomic E-state index is 11.8. The normalized spacial score (nSPS) is 17.0. The second-order valence-electron chi connectivity index (χ2n) is 7.32. The summed E-state index contributed by atoms with van der Waals surface area (Å²) in [4.78, 5) is 18.0. The minimum absolute atomic E-state index is 0. The second-order valence-corrected chi connectivity index (χ2v) is 7.32. The van der Waals surface area contributed by atoms with Gasteiger partial charge in [0.1, 0.15) is 0 Å². The van der Waals surface area contributed by atoms with Gasteiger partial charge in [0.15, 0.2) is 5.96 Å². The Hall–Kier alpha value is -1.31. The summed E-state index contributed by atoms with van der Waals surface area (Å²) in [5.41, 5.74) is 2.77. The van der Waals surface area contributed by atoms with E-state index in [1.165, 1.54) is 11.1 Å². The molecule has 1 aromatic carbocycles. The van der Waals surface area contributed by atoms with Crippen LogP contribution in [0.3, 0.4) is 0 Å². The van der Waals surface area contributed by atoms with Crippen molar-refractivity contribution >= 4 is 35.8 Å². The predicted octanol–water partition coefficient (Wildman–Crippen LogP) is 3.54. The summed E-state index contributed by atoms with van der Waals surface area (Å²) in [6, 6.07) is 9.23. The molecule has 1 saturated heterocycles. The molecule has 152 valence electrons. The van der Waals surface area contributed by atoms with Crippen molar-refractivity contribution in [1.29, 1.82) is 0 Å². The molecular formula is C21H35IN4O. The molecule has 1 aliphatic rings. The fraction of sp³-hybridized carbons (Fsp3) is 0.619. The van der Waals surface area contributed by atoms with Crippen LogP contribution in [0.2, 0.25) is 0 Å². The van der Waals surface area contributed by atoms with Gasteiger partial charge in [0.05, 0.1) is 0 Å². The topological polar surface area (TPSA) is 56.7 Å². The number of nitrogens with one attached hydrogen (secondary N) is 2. The number of nitrogens with zero attached hydrogens (tertiary/aromatic N) is 2. The molecule has 1 unspecified atom stereocenters. The Morgan fingerprint density at radius 1 is 1.30 bits per heavy atom. The van der Waals surface area contributed by atoms with Crippen LogP contribution in [-0.2, 0) is 11.2 Å². The minimum atomic E-state index is 0. The molecule has 1 atom stereocenters. The lowest BCUT2D eigenvalue weighted by molar-refractivity contribution is -0.129. The summed E-state index contributed by atoms with van der Waals surface area (Å²) in [6.45, 7) is 8.86. The van der Waals surface area contributed by atoms with Gasteiger partial charge in [-0.25, -0.2) is 0 Å². The average Bonchev–Trinajstić information content (AvgIpc) is 3.12. The van der Waals surface area contributed by atoms with Crippen molar-refractivity contribution in [2.24, 2.45) is 4.99 Å². The molecule has 2 rings (SSSR count). The molecule has 1 aliphatic heterocycles. The van der Waals surface area contributed by atoms with E-state index in [2.05, 4.69) is 53.7 Å². The van der Waals surface area contributed by atoms with E-state index in [1.54, 1.807) is 7.05 Å². The number of hydrogen-bond donors (Lipinski definition) is 2. The zero-order chi connectivity index (χ0) is 18.9. The zero-order valence-electron chi connectivity index (χ0n) is 17.1. The van der Waals surface area contributed by atoms with Crippen molar-refractivity contribution in [3.63, 3.8) is 0 Å². The van der Waals surface area contributed by atoms with E-state index in [0.29, 0.717) is 18.4 Å². The molecule has 27 heavy (non-hydrogen) atoms. The van der Waals surface area contributed by atoms with Crippen molar-refractivity contribution in [2.75, 3.05) is 26.7 Å². The number of amides is 1. The van der Waals surface area contributed by atoms with Gasteiger partial charge < -0.3 is 15.5 Å². The van der Waals surface area contributed by atoms with E-state index >= 15 is 0 Å². The van der Waals surface area contributed by atoms with E-state index in [1.807, 2.05) is 11.8 Å². The summed E-state index contributed by atoms with van der Waals surface area (Å²) in [5.74, 6) is 1.65. The van der Waals surface area contributed by atoms with Crippen LogP contribution < -0.4 is 10.6 Å². The molecule has 0 radical (unpaired) electrons. The number of aliphatic imine (C=N–C) groups is 1. The lowest BCUT2D eigenvalue weighted by Gasteiger charge is -2.18. The number of rotatable bonds is 7. The molecule has 0 aliphatic carbocycles. The fourth-order valence-electron chi connectivity index (χ4n) is 3.28. The molecule has 2 N–H and O–H groups in total. The van der Waals surface area contributed by atoms with Gasteiger partial charge in [-0.1, -0.05) is 45.0 Å². The first-order valence-corrected chi connectivity index (χ1v) is 9.87. The third-order valence-electron chi connectivity index (χ3n) is 4.99. The quantitative estimate of drug-likeness (QED) is 0.268. The monoisotopic (exact) mass is 486 g/mol. The van der Waals surface area contributed by atoms with Crippen LogP contribution in [0.15, 0.2) is 29.3 Å². The number of hydrogen-bond acceptors (Lipinski definition) is 2. The van der Waals surface area contributed by atoms with Crippen molar-refractivity contribution < 1.29 is 4.79 Å². The summed E-state index contributed by atoms with van der Waals surface area (Å²) in [5, 5.41) is 6.83.